The summed E-state index contributed by atoms with van der Waals surface area (Å²) >= 11 is 6.37. The van der Waals surface area contributed by atoms with Gasteiger partial charge in [-0.25, -0.2) is 9.97 Å². The van der Waals surface area contributed by atoms with Crippen molar-refractivity contribution in [2.75, 3.05) is 18.0 Å². The third-order valence-corrected chi connectivity index (χ3v) is 7.38. The van der Waals surface area contributed by atoms with Gasteiger partial charge in [0.05, 0.1) is 10.4 Å². The number of piperidine rings is 1. The molecule has 0 aromatic carbocycles. The second-order valence-corrected chi connectivity index (χ2v) is 9.99. The number of aromatic nitrogens is 3. The fourth-order valence-corrected chi connectivity index (χ4v) is 5.16. The maximum Gasteiger partial charge on any atom is 0.408 e. The van der Waals surface area contributed by atoms with E-state index in [0.29, 0.717) is 30.5 Å². The van der Waals surface area contributed by atoms with Crippen molar-refractivity contribution in [3.05, 3.63) is 57.5 Å². The predicted octanol–water partition coefficient (Wildman–Crippen LogP) is 3.96. The molecular weight excluding hydrogens is 483 g/mol. The van der Waals surface area contributed by atoms with E-state index in [-0.39, 0.29) is 21.9 Å². The van der Waals surface area contributed by atoms with Gasteiger partial charge < -0.3 is 10.2 Å². The SMILES string of the molecule is O=C(N[C@H](C1CC1)C(F)(F)F)c1cn(-c2ncccc2Cl)c2nc(N3CC4CC4C3)ccc2c1=O. The lowest BCUT2D eigenvalue weighted by Crippen LogP contribution is -2.48. The number of nitrogens with one attached hydrogen (secondary N) is 1. The van der Waals surface area contributed by atoms with Crippen LogP contribution in [0.5, 0.6) is 0 Å². The molecule has 1 aliphatic heterocycles. The van der Waals surface area contributed by atoms with Crippen LogP contribution in [0.3, 0.4) is 0 Å². The monoisotopic (exact) mass is 503 g/mol. The minimum absolute atomic E-state index is 0.0995. The molecule has 2 unspecified atom stereocenters. The van der Waals surface area contributed by atoms with Crippen LogP contribution in [-0.4, -0.2) is 45.7 Å². The molecule has 0 spiro atoms. The summed E-state index contributed by atoms with van der Waals surface area (Å²) in [6.45, 7) is 1.77. The minimum Gasteiger partial charge on any atom is -0.356 e. The number of nitrogens with zero attached hydrogens (tertiary/aromatic N) is 4. The molecule has 6 rings (SSSR count). The highest BCUT2D eigenvalue weighted by Gasteiger charge is 2.50. The Morgan fingerprint density at radius 3 is 2.57 bits per heavy atom. The van der Waals surface area contributed by atoms with Gasteiger partial charge in [-0.15, -0.1) is 0 Å². The molecule has 3 aromatic heterocycles. The summed E-state index contributed by atoms with van der Waals surface area (Å²) in [5.41, 5.74) is -0.883. The number of pyridine rings is 3. The number of rotatable bonds is 5. The van der Waals surface area contributed by atoms with Crippen molar-refractivity contribution in [1.82, 2.24) is 19.9 Å². The molecule has 0 bridgehead atoms. The zero-order valence-corrected chi connectivity index (χ0v) is 19.2. The van der Waals surface area contributed by atoms with Gasteiger partial charge in [-0.2, -0.15) is 13.2 Å². The zero-order chi connectivity index (χ0) is 24.5. The quantitative estimate of drug-likeness (QED) is 0.570. The number of anilines is 1. The minimum atomic E-state index is -4.61. The summed E-state index contributed by atoms with van der Waals surface area (Å²) < 4.78 is 42.0. The van der Waals surface area contributed by atoms with Crippen molar-refractivity contribution in [1.29, 1.82) is 0 Å². The first-order valence-corrected chi connectivity index (χ1v) is 11.9. The average molecular weight is 504 g/mol. The maximum absolute atomic E-state index is 13.5. The van der Waals surface area contributed by atoms with E-state index in [1.807, 2.05) is 5.32 Å². The fourth-order valence-electron chi connectivity index (χ4n) is 4.95. The molecule has 35 heavy (non-hydrogen) atoms. The topological polar surface area (TPSA) is 80.1 Å². The number of carbonyl (C=O) groups excluding carboxylic acids is 1. The highest BCUT2D eigenvalue weighted by molar-refractivity contribution is 6.32. The Morgan fingerprint density at radius 2 is 1.91 bits per heavy atom. The third-order valence-electron chi connectivity index (χ3n) is 7.08. The molecule has 2 saturated carbocycles. The molecule has 182 valence electrons. The van der Waals surface area contributed by atoms with E-state index in [9.17, 15) is 22.8 Å². The normalized spacial score (nSPS) is 22.2. The van der Waals surface area contributed by atoms with E-state index in [0.717, 1.165) is 13.1 Å². The third kappa shape index (κ3) is 4.03. The Hall–Kier alpha value is -3.14. The largest absolute Gasteiger partial charge is 0.408 e. The molecule has 3 aliphatic rings. The molecular formula is C24H21ClF3N5O2. The number of hydrogen-bond acceptors (Lipinski definition) is 5. The van der Waals surface area contributed by atoms with Crippen LogP contribution < -0.4 is 15.6 Å². The summed E-state index contributed by atoms with van der Waals surface area (Å²) in [7, 11) is 0. The van der Waals surface area contributed by atoms with E-state index in [2.05, 4.69) is 9.88 Å². The van der Waals surface area contributed by atoms with Gasteiger partial charge in [0, 0.05) is 25.5 Å². The second-order valence-electron chi connectivity index (χ2n) is 9.58. The molecule has 3 fully saturated rings. The smallest absolute Gasteiger partial charge is 0.356 e. The first-order chi connectivity index (χ1) is 16.7. The van der Waals surface area contributed by atoms with Gasteiger partial charge in [-0.05, 0) is 61.3 Å². The van der Waals surface area contributed by atoms with E-state index < -0.39 is 35.0 Å². The fraction of sp³-hybridized carbons (Fsp3) is 0.417. The number of fused-ring (bicyclic) bond motifs is 2. The predicted molar refractivity (Wildman–Crippen MR) is 124 cm³/mol. The Labute approximate surface area is 202 Å². The summed E-state index contributed by atoms with van der Waals surface area (Å²) in [6.07, 6.45) is 0.0461. The van der Waals surface area contributed by atoms with Crippen molar-refractivity contribution >= 4 is 34.4 Å². The van der Waals surface area contributed by atoms with E-state index in [1.54, 1.807) is 24.3 Å². The Kier molecular flexibility index (Phi) is 5.07. The molecule has 3 atom stereocenters. The second kappa shape index (κ2) is 7.94. The molecule has 1 amide bonds. The van der Waals surface area contributed by atoms with Crippen molar-refractivity contribution in [3.8, 4) is 5.82 Å². The summed E-state index contributed by atoms with van der Waals surface area (Å²) in [4.78, 5) is 37.4. The van der Waals surface area contributed by atoms with Gasteiger partial charge in [0.1, 0.15) is 17.4 Å². The van der Waals surface area contributed by atoms with Crippen LogP contribution in [0, 0.1) is 17.8 Å². The Balaban J connectivity index is 1.47. The standard InChI is InChI=1S/C24H21ClF3N5O2/c25-17-2-1-7-29-22(17)33-11-16(23(35)31-20(12-3-4-12)24(26,27)28)19(34)15-5-6-18(30-21(15)33)32-9-13-8-14(13)10-32/h1-2,5-7,11-14,20H,3-4,8-10H2,(H,31,35)/t13?,14?,20-/m1/s1. The molecule has 3 aromatic rings. The van der Waals surface area contributed by atoms with E-state index in [4.69, 9.17) is 16.6 Å². The van der Waals surface area contributed by atoms with Crippen LogP contribution in [0.15, 0.2) is 41.5 Å². The molecule has 11 heteroatoms. The lowest BCUT2D eigenvalue weighted by atomic mass is 10.1. The van der Waals surface area contributed by atoms with Gasteiger partial charge in [0.25, 0.3) is 5.91 Å². The molecule has 7 nitrogen and oxygen atoms in total. The van der Waals surface area contributed by atoms with Crippen LogP contribution in [-0.2, 0) is 0 Å². The van der Waals surface area contributed by atoms with E-state index >= 15 is 0 Å². The summed E-state index contributed by atoms with van der Waals surface area (Å²) in [5, 5.41) is 2.38. The molecule has 0 radical (unpaired) electrons. The van der Waals surface area contributed by atoms with Crippen molar-refractivity contribution < 1.29 is 18.0 Å². The number of hydrogen-bond donors (Lipinski definition) is 1. The lowest BCUT2D eigenvalue weighted by molar-refractivity contribution is -0.158. The summed E-state index contributed by atoms with van der Waals surface area (Å²) in [5.74, 6) is 0.473. The van der Waals surface area contributed by atoms with Gasteiger partial charge in [-0.3, -0.25) is 14.2 Å². The average Bonchev–Trinajstić information content (AvgIpc) is 3.76. The molecule has 1 N–H and O–H groups in total. The highest BCUT2D eigenvalue weighted by Crippen LogP contribution is 2.46. The van der Waals surface area contributed by atoms with Gasteiger partial charge in [0.2, 0.25) is 5.43 Å². The number of halogens is 4. The van der Waals surface area contributed by atoms with Crippen molar-refractivity contribution in [2.45, 2.75) is 31.5 Å². The van der Waals surface area contributed by atoms with Crippen LogP contribution in [0.25, 0.3) is 16.9 Å². The Bertz CT molecular complexity index is 1390. The van der Waals surface area contributed by atoms with E-state index in [1.165, 1.54) is 23.4 Å². The molecule has 1 saturated heterocycles. The van der Waals surface area contributed by atoms with Crippen LogP contribution >= 0.6 is 11.6 Å². The first-order valence-electron chi connectivity index (χ1n) is 11.5. The molecule has 2 aliphatic carbocycles. The first kappa shape index (κ1) is 22.3. The van der Waals surface area contributed by atoms with Gasteiger partial charge in [0.15, 0.2) is 11.5 Å². The number of alkyl halides is 3. The Morgan fingerprint density at radius 1 is 1.17 bits per heavy atom. The number of amides is 1. The molecule has 4 heterocycles. The van der Waals surface area contributed by atoms with Gasteiger partial charge in [-0.1, -0.05) is 11.6 Å². The summed E-state index contributed by atoms with van der Waals surface area (Å²) in [6, 6.07) is 4.50. The highest BCUT2D eigenvalue weighted by atomic mass is 35.5. The maximum atomic E-state index is 13.5. The zero-order valence-electron chi connectivity index (χ0n) is 18.4. The number of carbonyl (C=O) groups is 1. The van der Waals surface area contributed by atoms with Crippen molar-refractivity contribution in [2.24, 2.45) is 17.8 Å². The van der Waals surface area contributed by atoms with Gasteiger partial charge >= 0.3 is 6.18 Å². The van der Waals surface area contributed by atoms with Crippen LogP contribution in [0.1, 0.15) is 29.6 Å². The van der Waals surface area contributed by atoms with Crippen molar-refractivity contribution in [3.63, 3.8) is 0 Å². The lowest BCUT2D eigenvalue weighted by Gasteiger charge is -2.22. The van der Waals surface area contributed by atoms with Crippen LogP contribution in [0.4, 0.5) is 19.0 Å². The van der Waals surface area contributed by atoms with Crippen LogP contribution in [0.2, 0.25) is 5.02 Å².